The van der Waals surface area contributed by atoms with Gasteiger partial charge in [0, 0.05) is 38.2 Å². The number of rotatable bonds is 14. The van der Waals surface area contributed by atoms with Crippen LogP contribution in [0.15, 0.2) is 51.1 Å². The van der Waals surface area contributed by atoms with Crippen LogP contribution in [0.25, 0.3) is 0 Å². The Balaban J connectivity index is 1.61. The number of likely N-dealkylation sites (tertiary alicyclic amines) is 1. The van der Waals surface area contributed by atoms with Gasteiger partial charge in [-0.15, -0.1) is 3.77 Å². The van der Waals surface area contributed by atoms with Crippen LogP contribution in [-0.4, -0.2) is 90.8 Å². The summed E-state index contributed by atoms with van der Waals surface area (Å²) in [6.07, 6.45) is 2.23. The maximum atomic E-state index is 14.5. The fraction of sp³-hybridized carbons (Fsp3) is 0.483. The van der Waals surface area contributed by atoms with E-state index < -0.39 is 56.2 Å². The topological polar surface area (TPSA) is 176 Å². The zero-order valence-electron chi connectivity index (χ0n) is 25.7. The quantitative estimate of drug-likeness (QED) is 0.101. The van der Waals surface area contributed by atoms with Gasteiger partial charge in [-0.05, 0) is 63.0 Å². The number of carbonyl (C=O) groups is 3. The minimum atomic E-state index is -4.21. The van der Waals surface area contributed by atoms with Gasteiger partial charge in [-0.3, -0.25) is 34.3 Å². The largest absolute Gasteiger partial charge is 0.325 e. The first-order chi connectivity index (χ1) is 21.1. The van der Waals surface area contributed by atoms with Crippen LogP contribution in [0.1, 0.15) is 46.4 Å². The molecule has 0 aliphatic carbocycles. The Hall–Kier alpha value is -3.47. The SMILES string of the molecule is C[Si](C)(C)CCS(=O)(=O)N=S(=O)(CCCCN1C(=O)c2ccccc2C1=O)c1cc(NC(=O)CN2CCCC2)cc([N+](=O)[O-])c1. The van der Waals surface area contributed by atoms with Gasteiger partial charge in [0.2, 0.25) is 5.91 Å². The van der Waals surface area contributed by atoms with Gasteiger partial charge >= 0.3 is 0 Å². The molecule has 1 fully saturated rings. The van der Waals surface area contributed by atoms with Crippen LogP contribution < -0.4 is 5.32 Å². The first kappa shape index (κ1) is 34.4. The fourth-order valence-corrected chi connectivity index (χ4v) is 12.5. The van der Waals surface area contributed by atoms with Gasteiger partial charge in [0.1, 0.15) is 0 Å². The standard InChI is InChI=1S/C29H39N5O8S2Si/c1-45(2,3)17-16-44(41,42)31-43(40,15-9-8-14-33-28(36)25-10-4-5-11-26(25)29(33)37)24-19-22(18-23(20-24)34(38)39)30-27(35)21-32-12-6-7-13-32/h4-5,10-11,18-20H,6-9,12-17,21H2,1-3H3,(H,30,35). The number of imide groups is 1. The number of anilines is 1. The lowest BCUT2D eigenvalue weighted by atomic mass is 10.1. The summed E-state index contributed by atoms with van der Waals surface area (Å²) in [5.74, 6) is -1.91. The van der Waals surface area contributed by atoms with Gasteiger partial charge in [-0.25, -0.2) is 12.6 Å². The lowest BCUT2D eigenvalue weighted by Crippen LogP contribution is -2.31. The monoisotopic (exact) mass is 677 g/mol. The summed E-state index contributed by atoms with van der Waals surface area (Å²) in [4.78, 5) is 52.2. The molecule has 4 rings (SSSR count). The smallest absolute Gasteiger partial charge is 0.272 e. The Labute approximate surface area is 264 Å². The molecule has 2 aliphatic rings. The van der Waals surface area contributed by atoms with Crippen molar-refractivity contribution in [1.29, 1.82) is 0 Å². The molecule has 13 nitrogen and oxygen atoms in total. The zero-order valence-corrected chi connectivity index (χ0v) is 28.3. The predicted octanol–water partition coefficient (Wildman–Crippen LogP) is 4.20. The minimum Gasteiger partial charge on any atom is -0.325 e. The number of nitro groups is 1. The highest BCUT2D eigenvalue weighted by atomic mass is 32.3. The third kappa shape index (κ3) is 9.05. The third-order valence-electron chi connectivity index (χ3n) is 7.59. The highest BCUT2D eigenvalue weighted by Crippen LogP contribution is 2.29. The molecule has 2 aliphatic heterocycles. The Morgan fingerprint density at radius 1 is 0.978 bits per heavy atom. The number of unbranched alkanes of at least 4 members (excludes halogenated alkanes) is 1. The Morgan fingerprint density at radius 2 is 1.60 bits per heavy atom. The molecule has 45 heavy (non-hydrogen) atoms. The average Bonchev–Trinajstić information content (AvgIpc) is 3.55. The third-order valence-corrected chi connectivity index (χ3v) is 14.1. The lowest BCUT2D eigenvalue weighted by Gasteiger charge is -2.17. The highest BCUT2D eigenvalue weighted by molar-refractivity contribution is 8.03. The first-order valence-electron chi connectivity index (χ1n) is 14.8. The molecule has 1 unspecified atom stereocenters. The number of carbonyl (C=O) groups excluding carboxylic acids is 3. The summed E-state index contributed by atoms with van der Waals surface area (Å²) in [5.41, 5.74) is 0.130. The van der Waals surface area contributed by atoms with Crippen molar-refractivity contribution in [2.24, 2.45) is 3.77 Å². The number of non-ortho nitro benzene ring substituents is 1. The molecule has 16 heteroatoms. The van der Waals surface area contributed by atoms with Crippen molar-refractivity contribution in [3.63, 3.8) is 0 Å². The maximum Gasteiger partial charge on any atom is 0.272 e. The van der Waals surface area contributed by atoms with E-state index in [9.17, 15) is 37.1 Å². The molecule has 1 atom stereocenters. The number of hydrogen-bond acceptors (Lipinski definition) is 9. The van der Waals surface area contributed by atoms with E-state index in [0.29, 0.717) is 17.2 Å². The number of nitrogens with one attached hydrogen (secondary N) is 1. The van der Waals surface area contributed by atoms with Crippen LogP contribution in [0.2, 0.25) is 25.7 Å². The van der Waals surface area contributed by atoms with Crippen molar-refractivity contribution >= 4 is 56.9 Å². The number of sulfonamides is 1. The van der Waals surface area contributed by atoms with Crippen molar-refractivity contribution in [2.45, 2.75) is 56.3 Å². The number of nitro benzene ring substituents is 1. The van der Waals surface area contributed by atoms with E-state index in [4.69, 9.17) is 0 Å². The van der Waals surface area contributed by atoms with E-state index in [-0.39, 0.29) is 48.0 Å². The molecule has 1 saturated heterocycles. The van der Waals surface area contributed by atoms with Gasteiger partial charge < -0.3 is 5.32 Å². The number of amides is 3. The number of fused-ring (bicyclic) bond motifs is 1. The Morgan fingerprint density at radius 3 is 2.18 bits per heavy atom. The number of hydrogen-bond donors (Lipinski definition) is 1. The summed E-state index contributed by atoms with van der Waals surface area (Å²) in [5, 5.41) is 14.5. The second kappa shape index (κ2) is 13.9. The van der Waals surface area contributed by atoms with E-state index in [1.807, 2.05) is 24.5 Å². The molecule has 3 amide bonds. The fourth-order valence-electron chi connectivity index (χ4n) is 5.15. The van der Waals surface area contributed by atoms with E-state index in [0.717, 1.165) is 43.0 Å². The summed E-state index contributed by atoms with van der Waals surface area (Å²) >= 11 is 0. The summed E-state index contributed by atoms with van der Waals surface area (Å²) in [6, 6.07) is 10.3. The molecule has 2 aromatic rings. The van der Waals surface area contributed by atoms with Gasteiger partial charge in [0.15, 0.2) is 0 Å². The Kier molecular flexibility index (Phi) is 10.6. The number of benzene rings is 2. The molecule has 0 saturated carbocycles. The van der Waals surface area contributed by atoms with Crippen LogP contribution in [0.5, 0.6) is 0 Å². The normalized spacial score (nSPS) is 16.8. The maximum absolute atomic E-state index is 14.5. The molecule has 1 N–H and O–H groups in total. The summed E-state index contributed by atoms with van der Waals surface area (Å²) < 4.78 is 44.7. The van der Waals surface area contributed by atoms with Gasteiger partial charge in [0.25, 0.3) is 27.5 Å². The van der Waals surface area contributed by atoms with Crippen molar-refractivity contribution < 1.29 is 31.9 Å². The number of nitrogens with zero attached hydrogens (tertiary/aromatic N) is 4. The van der Waals surface area contributed by atoms with Crippen LogP contribution in [0.3, 0.4) is 0 Å². The zero-order chi connectivity index (χ0) is 33.0. The second-order valence-electron chi connectivity index (χ2n) is 12.5. The molecule has 244 valence electrons. The molecule has 0 spiro atoms. The van der Waals surface area contributed by atoms with Crippen LogP contribution in [0.4, 0.5) is 11.4 Å². The summed E-state index contributed by atoms with van der Waals surface area (Å²) in [7, 11) is -9.84. The molecule has 2 heterocycles. The van der Waals surface area contributed by atoms with E-state index in [1.165, 1.54) is 6.07 Å². The van der Waals surface area contributed by atoms with Crippen molar-refractivity contribution in [3.8, 4) is 0 Å². The van der Waals surface area contributed by atoms with Gasteiger partial charge in [-0.1, -0.05) is 31.8 Å². The predicted molar refractivity (Wildman–Crippen MR) is 174 cm³/mol. The van der Waals surface area contributed by atoms with E-state index in [1.54, 1.807) is 24.3 Å². The molecular weight excluding hydrogens is 639 g/mol. The van der Waals surface area contributed by atoms with Crippen LogP contribution in [-0.2, 0) is 24.5 Å². The molecule has 0 aromatic heterocycles. The van der Waals surface area contributed by atoms with Crippen molar-refractivity contribution in [1.82, 2.24) is 9.80 Å². The highest BCUT2D eigenvalue weighted by Gasteiger charge is 2.34. The van der Waals surface area contributed by atoms with Gasteiger partial charge in [-0.2, -0.15) is 0 Å². The molecular formula is C29H39N5O8S2Si. The van der Waals surface area contributed by atoms with E-state index in [2.05, 4.69) is 9.08 Å². The van der Waals surface area contributed by atoms with Crippen LogP contribution >= 0.6 is 0 Å². The first-order valence-corrected chi connectivity index (χ1v) is 21.8. The summed E-state index contributed by atoms with van der Waals surface area (Å²) in [6.45, 7) is 7.61. The van der Waals surface area contributed by atoms with E-state index >= 15 is 0 Å². The molecule has 2 aromatic carbocycles. The molecule has 0 radical (unpaired) electrons. The minimum absolute atomic E-state index is 0.0109. The van der Waals surface area contributed by atoms with Crippen LogP contribution in [0, 0.1) is 10.1 Å². The van der Waals surface area contributed by atoms with Crippen molar-refractivity contribution in [2.75, 3.05) is 43.0 Å². The lowest BCUT2D eigenvalue weighted by molar-refractivity contribution is -0.385. The Bertz CT molecular complexity index is 1690. The average molecular weight is 678 g/mol. The van der Waals surface area contributed by atoms with Gasteiger partial charge in [0.05, 0.1) is 43.0 Å². The molecule has 0 bridgehead atoms. The van der Waals surface area contributed by atoms with Crippen molar-refractivity contribution in [3.05, 3.63) is 63.7 Å². The second-order valence-corrected chi connectivity index (χ2v) is 22.5.